The Hall–Kier alpha value is -1.62. The van der Waals surface area contributed by atoms with E-state index in [9.17, 15) is 4.79 Å². The summed E-state index contributed by atoms with van der Waals surface area (Å²) in [7, 11) is 2.22. The number of pyridine rings is 1. The van der Waals surface area contributed by atoms with E-state index in [2.05, 4.69) is 22.2 Å². The molecule has 0 aromatic carbocycles. The summed E-state index contributed by atoms with van der Waals surface area (Å²) < 4.78 is 0. The van der Waals surface area contributed by atoms with Crippen LogP contribution in [0, 0.1) is 0 Å². The van der Waals surface area contributed by atoms with Crippen molar-refractivity contribution in [2.75, 3.05) is 12.8 Å². The summed E-state index contributed by atoms with van der Waals surface area (Å²) in [5.41, 5.74) is 6.62. The molecule has 2 fully saturated rings. The third kappa shape index (κ3) is 2.63. The molecule has 2 unspecified atom stereocenters. The number of hydrogen-bond donors (Lipinski definition) is 2. The standard InChI is InChI=1S/C15H22N4O/c1-19-12-3-2-4-13(19)8-11(7-12)18-15(20)14-6-5-10(16)9-17-14/h5-6,9,11-13H,2-4,7-8,16H2,1H3,(H,18,20). The van der Waals surface area contributed by atoms with E-state index in [4.69, 9.17) is 5.73 Å². The molecule has 0 spiro atoms. The van der Waals surface area contributed by atoms with Gasteiger partial charge in [-0.3, -0.25) is 4.79 Å². The van der Waals surface area contributed by atoms with E-state index in [1.807, 2.05) is 0 Å². The zero-order valence-electron chi connectivity index (χ0n) is 11.9. The minimum Gasteiger partial charge on any atom is -0.397 e. The highest BCUT2D eigenvalue weighted by molar-refractivity contribution is 5.92. The number of piperidine rings is 2. The van der Waals surface area contributed by atoms with Gasteiger partial charge in [-0.1, -0.05) is 6.42 Å². The molecule has 0 radical (unpaired) electrons. The fraction of sp³-hybridized carbons (Fsp3) is 0.600. The highest BCUT2D eigenvalue weighted by Crippen LogP contribution is 2.32. The number of nitrogens with one attached hydrogen (secondary N) is 1. The summed E-state index contributed by atoms with van der Waals surface area (Å²) in [4.78, 5) is 18.8. The molecule has 3 heterocycles. The Morgan fingerprint density at radius 3 is 2.65 bits per heavy atom. The van der Waals surface area contributed by atoms with Crippen molar-refractivity contribution in [1.82, 2.24) is 15.2 Å². The number of carbonyl (C=O) groups is 1. The van der Waals surface area contributed by atoms with Crippen LogP contribution in [-0.2, 0) is 0 Å². The maximum atomic E-state index is 12.2. The van der Waals surface area contributed by atoms with Crippen molar-refractivity contribution < 1.29 is 4.79 Å². The number of nitrogens with two attached hydrogens (primary N) is 1. The van der Waals surface area contributed by atoms with Crippen molar-refractivity contribution in [3.8, 4) is 0 Å². The number of hydrogen-bond acceptors (Lipinski definition) is 4. The SMILES string of the molecule is CN1C2CCCC1CC(NC(=O)c1ccc(N)cn1)C2. The van der Waals surface area contributed by atoms with E-state index in [0.717, 1.165) is 12.8 Å². The summed E-state index contributed by atoms with van der Waals surface area (Å²) in [5, 5.41) is 3.13. The molecule has 3 N–H and O–H groups in total. The molecule has 0 saturated carbocycles. The molecule has 2 atom stereocenters. The van der Waals surface area contributed by atoms with Crippen LogP contribution in [0.4, 0.5) is 5.69 Å². The summed E-state index contributed by atoms with van der Waals surface area (Å²) in [6.45, 7) is 0. The molecule has 0 aliphatic carbocycles. The van der Waals surface area contributed by atoms with Crippen LogP contribution in [0.3, 0.4) is 0 Å². The Kier molecular flexibility index (Phi) is 3.61. The van der Waals surface area contributed by atoms with Crippen molar-refractivity contribution in [2.24, 2.45) is 0 Å². The van der Waals surface area contributed by atoms with Crippen LogP contribution in [0.25, 0.3) is 0 Å². The number of nitrogens with zero attached hydrogens (tertiary/aromatic N) is 2. The first-order valence-electron chi connectivity index (χ1n) is 7.38. The predicted octanol–water partition coefficient (Wildman–Crippen LogP) is 1.41. The van der Waals surface area contributed by atoms with Gasteiger partial charge in [0, 0.05) is 18.1 Å². The molecule has 2 saturated heterocycles. The van der Waals surface area contributed by atoms with Crippen molar-refractivity contribution in [2.45, 2.75) is 50.2 Å². The van der Waals surface area contributed by atoms with Gasteiger partial charge in [-0.25, -0.2) is 4.98 Å². The summed E-state index contributed by atoms with van der Waals surface area (Å²) in [6.07, 6.45) is 7.44. The summed E-state index contributed by atoms with van der Waals surface area (Å²) >= 11 is 0. The van der Waals surface area contributed by atoms with Crippen LogP contribution < -0.4 is 11.1 Å². The molecule has 3 rings (SSSR count). The lowest BCUT2D eigenvalue weighted by Gasteiger charge is -2.47. The Morgan fingerprint density at radius 2 is 2.05 bits per heavy atom. The van der Waals surface area contributed by atoms with Gasteiger partial charge < -0.3 is 16.0 Å². The smallest absolute Gasteiger partial charge is 0.270 e. The highest BCUT2D eigenvalue weighted by Gasteiger charge is 2.36. The first-order valence-corrected chi connectivity index (χ1v) is 7.38. The predicted molar refractivity (Wildman–Crippen MR) is 78.3 cm³/mol. The van der Waals surface area contributed by atoms with Crippen LogP contribution in [0.2, 0.25) is 0 Å². The monoisotopic (exact) mass is 274 g/mol. The van der Waals surface area contributed by atoms with Crippen LogP contribution in [0.15, 0.2) is 18.3 Å². The minimum atomic E-state index is -0.0855. The third-order valence-electron chi connectivity index (χ3n) is 4.69. The van der Waals surface area contributed by atoms with E-state index in [-0.39, 0.29) is 11.9 Å². The van der Waals surface area contributed by atoms with Crippen LogP contribution in [0.1, 0.15) is 42.6 Å². The maximum Gasteiger partial charge on any atom is 0.270 e. The van der Waals surface area contributed by atoms with Gasteiger partial charge in [0.25, 0.3) is 5.91 Å². The van der Waals surface area contributed by atoms with Crippen molar-refractivity contribution in [3.05, 3.63) is 24.0 Å². The van der Waals surface area contributed by atoms with Crippen LogP contribution in [0.5, 0.6) is 0 Å². The molecule has 2 aliphatic heterocycles. The Morgan fingerprint density at radius 1 is 1.35 bits per heavy atom. The van der Waals surface area contributed by atoms with Crippen LogP contribution >= 0.6 is 0 Å². The van der Waals surface area contributed by atoms with Crippen molar-refractivity contribution in [1.29, 1.82) is 0 Å². The van der Waals surface area contributed by atoms with Gasteiger partial charge in [0.15, 0.2) is 0 Å². The van der Waals surface area contributed by atoms with Crippen molar-refractivity contribution >= 4 is 11.6 Å². The van der Waals surface area contributed by atoms with Gasteiger partial charge in [-0.05, 0) is 44.9 Å². The van der Waals surface area contributed by atoms with Gasteiger partial charge >= 0.3 is 0 Å². The fourth-order valence-electron chi connectivity index (χ4n) is 3.53. The Balaban J connectivity index is 1.63. The van der Waals surface area contributed by atoms with E-state index in [0.29, 0.717) is 23.5 Å². The van der Waals surface area contributed by atoms with Gasteiger partial charge in [-0.2, -0.15) is 0 Å². The van der Waals surface area contributed by atoms with Gasteiger partial charge in [0.2, 0.25) is 0 Å². The lowest BCUT2D eigenvalue weighted by atomic mass is 9.82. The number of fused-ring (bicyclic) bond motifs is 2. The molecule has 2 aliphatic rings. The summed E-state index contributed by atoms with van der Waals surface area (Å²) in [5.74, 6) is -0.0855. The zero-order valence-corrected chi connectivity index (χ0v) is 11.9. The Bertz CT molecular complexity index is 473. The third-order valence-corrected chi connectivity index (χ3v) is 4.69. The van der Waals surface area contributed by atoms with Crippen molar-refractivity contribution in [3.63, 3.8) is 0 Å². The van der Waals surface area contributed by atoms with Crippen LogP contribution in [-0.4, -0.2) is 41.0 Å². The quantitative estimate of drug-likeness (QED) is 0.855. The second kappa shape index (κ2) is 5.40. The number of aromatic nitrogens is 1. The molecule has 20 heavy (non-hydrogen) atoms. The number of anilines is 1. The molecule has 1 amide bonds. The number of amides is 1. The fourth-order valence-corrected chi connectivity index (χ4v) is 3.53. The van der Waals surface area contributed by atoms with Gasteiger partial charge in [0.1, 0.15) is 5.69 Å². The Labute approximate surface area is 119 Å². The van der Waals surface area contributed by atoms with E-state index in [1.54, 1.807) is 12.1 Å². The number of rotatable bonds is 2. The maximum absolute atomic E-state index is 12.2. The van der Waals surface area contributed by atoms with Gasteiger partial charge in [0.05, 0.1) is 11.9 Å². The second-order valence-corrected chi connectivity index (χ2v) is 6.02. The molecule has 1 aromatic heterocycles. The molecule has 108 valence electrons. The topological polar surface area (TPSA) is 71.2 Å². The van der Waals surface area contributed by atoms with E-state index in [1.165, 1.54) is 25.5 Å². The highest BCUT2D eigenvalue weighted by atomic mass is 16.1. The normalized spacial score (nSPS) is 29.9. The van der Waals surface area contributed by atoms with E-state index >= 15 is 0 Å². The average Bonchev–Trinajstić information content (AvgIpc) is 2.40. The molecular formula is C15H22N4O. The first-order chi connectivity index (χ1) is 9.63. The number of nitrogen functional groups attached to an aromatic ring is 1. The molecular weight excluding hydrogens is 252 g/mol. The lowest BCUT2D eigenvalue weighted by Crippen LogP contribution is -2.55. The second-order valence-electron chi connectivity index (χ2n) is 6.02. The lowest BCUT2D eigenvalue weighted by molar-refractivity contribution is 0.0462. The molecule has 5 nitrogen and oxygen atoms in total. The minimum absolute atomic E-state index is 0.0855. The molecule has 2 bridgehead atoms. The number of carbonyl (C=O) groups excluding carboxylic acids is 1. The largest absolute Gasteiger partial charge is 0.397 e. The summed E-state index contributed by atoms with van der Waals surface area (Å²) in [6, 6.07) is 4.90. The first kappa shape index (κ1) is 13.4. The van der Waals surface area contributed by atoms with Gasteiger partial charge in [-0.15, -0.1) is 0 Å². The van der Waals surface area contributed by atoms with E-state index < -0.39 is 0 Å². The molecule has 1 aromatic rings. The zero-order chi connectivity index (χ0) is 14.1. The average molecular weight is 274 g/mol. The molecule has 5 heteroatoms.